The van der Waals surface area contributed by atoms with Crippen LogP contribution in [-0.2, 0) is 10.0 Å². The summed E-state index contributed by atoms with van der Waals surface area (Å²) in [6, 6.07) is 22.3. The number of carbonyl (C=O) groups is 1. The Morgan fingerprint density at radius 3 is 2.15 bits per heavy atom. The van der Waals surface area contributed by atoms with Crippen molar-refractivity contribution in [2.24, 2.45) is 0 Å². The Labute approximate surface area is 202 Å². The number of nitrogens with one attached hydrogen (secondary N) is 1. The van der Waals surface area contributed by atoms with Crippen molar-refractivity contribution < 1.29 is 13.2 Å². The molecule has 178 valence electrons. The molecule has 0 aromatic heterocycles. The van der Waals surface area contributed by atoms with E-state index in [9.17, 15) is 13.2 Å². The zero-order valence-electron chi connectivity index (χ0n) is 19.8. The molecule has 0 radical (unpaired) electrons. The lowest BCUT2D eigenvalue weighted by atomic mass is 9.94. The van der Waals surface area contributed by atoms with Gasteiger partial charge in [0.25, 0.3) is 5.91 Å². The Kier molecular flexibility index (Phi) is 7.49. The highest BCUT2D eigenvalue weighted by Gasteiger charge is 2.27. The van der Waals surface area contributed by atoms with E-state index in [-0.39, 0.29) is 16.8 Å². The number of rotatable bonds is 6. The average Bonchev–Trinajstić information content (AvgIpc) is 3.14. The summed E-state index contributed by atoms with van der Waals surface area (Å²) in [5.74, 6) is -0.289. The third-order valence-electron chi connectivity index (χ3n) is 6.56. The van der Waals surface area contributed by atoms with Crippen LogP contribution in [0, 0.1) is 13.8 Å². The van der Waals surface area contributed by atoms with Gasteiger partial charge in [0.05, 0.1) is 10.9 Å². The molecule has 0 aliphatic carbocycles. The van der Waals surface area contributed by atoms with Gasteiger partial charge in [0.15, 0.2) is 0 Å². The van der Waals surface area contributed by atoms with Crippen molar-refractivity contribution in [2.45, 2.75) is 50.5 Å². The van der Waals surface area contributed by atoms with Gasteiger partial charge in [-0.2, -0.15) is 4.31 Å². The van der Waals surface area contributed by atoms with Gasteiger partial charge in [-0.1, -0.05) is 73.5 Å². The lowest BCUT2D eigenvalue weighted by Crippen LogP contribution is -2.33. The normalized spacial score (nSPS) is 15.9. The Morgan fingerprint density at radius 1 is 0.824 bits per heavy atom. The molecular weight excluding hydrogens is 444 g/mol. The van der Waals surface area contributed by atoms with Crippen molar-refractivity contribution in [3.8, 4) is 0 Å². The standard InChI is InChI=1S/C28H32N2O3S/c1-21-12-8-9-15-25(21)27(23-13-6-5-7-14-23)29-28(31)26-20-24(17-16-22(26)2)34(32,33)30-18-10-3-4-11-19-30/h5-9,12-17,20,27H,3-4,10-11,18-19H2,1-2H3,(H,29,31)/t27-/m0/s1. The van der Waals surface area contributed by atoms with E-state index >= 15 is 0 Å². The van der Waals surface area contributed by atoms with Crippen LogP contribution in [0.2, 0.25) is 0 Å². The van der Waals surface area contributed by atoms with E-state index < -0.39 is 10.0 Å². The van der Waals surface area contributed by atoms with Crippen molar-refractivity contribution in [1.82, 2.24) is 9.62 Å². The fourth-order valence-corrected chi connectivity index (χ4v) is 6.09. The molecule has 1 atom stereocenters. The second-order valence-corrected chi connectivity index (χ2v) is 10.9. The maximum absolute atomic E-state index is 13.5. The molecule has 5 nitrogen and oxygen atoms in total. The van der Waals surface area contributed by atoms with Crippen LogP contribution in [0.3, 0.4) is 0 Å². The van der Waals surface area contributed by atoms with Gasteiger partial charge in [0, 0.05) is 18.7 Å². The molecule has 3 aromatic rings. The van der Waals surface area contributed by atoms with Crippen molar-refractivity contribution in [2.75, 3.05) is 13.1 Å². The summed E-state index contributed by atoms with van der Waals surface area (Å²) in [4.78, 5) is 13.7. The monoisotopic (exact) mass is 476 g/mol. The molecule has 1 heterocycles. The summed E-state index contributed by atoms with van der Waals surface area (Å²) in [6.07, 6.45) is 3.84. The van der Waals surface area contributed by atoms with Crippen molar-refractivity contribution in [3.05, 3.63) is 101 Å². The van der Waals surface area contributed by atoms with Gasteiger partial charge in [-0.05, 0) is 61.1 Å². The first-order valence-electron chi connectivity index (χ1n) is 11.9. The zero-order chi connectivity index (χ0) is 24.1. The molecule has 3 aromatic carbocycles. The minimum absolute atomic E-state index is 0.178. The van der Waals surface area contributed by atoms with E-state index in [1.54, 1.807) is 16.4 Å². The SMILES string of the molecule is Cc1ccc(S(=O)(=O)N2CCCCCC2)cc1C(=O)N[C@@H](c1ccccc1)c1ccccc1C. The number of sulfonamides is 1. The number of carbonyl (C=O) groups excluding carboxylic acids is 1. The topological polar surface area (TPSA) is 66.5 Å². The molecule has 0 bridgehead atoms. The average molecular weight is 477 g/mol. The Balaban J connectivity index is 1.67. The number of amides is 1. The predicted octanol–water partition coefficient (Wildman–Crippen LogP) is 5.39. The molecule has 1 N–H and O–H groups in total. The van der Waals surface area contributed by atoms with E-state index in [0.29, 0.717) is 18.7 Å². The van der Waals surface area contributed by atoms with E-state index in [4.69, 9.17) is 0 Å². The van der Waals surface area contributed by atoms with Gasteiger partial charge < -0.3 is 5.32 Å². The molecule has 1 aliphatic rings. The van der Waals surface area contributed by atoms with Gasteiger partial charge in [-0.25, -0.2) is 8.42 Å². The minimum Gasteiger partial charge on any atom is -0.341 e. The fourth-order valence-electron chi connectivity index (χ4n) is 4.54. The molecule has 4 rings (SSSR count). The highest BCUT2D eigenvalue weighted by atomic mass is 32.2. The Hall–Kier alpha value is -2.96. The molecule has 0 saturated carbocycles. The van der Waals surface area contributed by atoms with Crippen LogP contribution < -0.4 is 5.32 Å². The summed E-state index contributed by atoms with van der Waals surface area (Å²) in [5, 5.41) is 3.17. The maximum Gasteiger partial charge on any atom is 0.252 e. The van der Waals surface area contributed by atoms with Crippen molar-refractivity contribution in [3.63, 3.8) is 0 Å². The molecule has 1 saturated heterocycles. The van der Waals surface area contributed by atoms with Crippen LogP contribution in [0.15, 0.2) is 77.7 Å². The highest BCUT2D eigenvalue weighted by molar-refractivity contribution is 7.89. The summed E-state index contributed by atoms with van der Waals surface area (Å²) in [5.41, 5.74) is 4.17. The number of nitrogens with zero attached hydrogens (tertiary/aromatic N) is 1. The van der Waals surface area contributed by atoms with Crippen LogP contribution in [0.5, 0.6) is 0 Å². The first-order valence-corrected chi connectivity index (χ1v) is 13.3. The molecular formula is C28H32N2O3S. The summed E-state index contributed by atoms with van der Waals surface area (Å²) in [6.45, 7) is 4.92. The summed E-state index contributed by atoms with van der Waals surface area (Å²) in [7, 11) is -3.64. The molecule has 0 spiro atoms. The largest absolute Gasteiger partial charge is 0.341 e. The Morgan fingerprint density at radius 2 is 1.47 bits per heavy atom. The molecule has 1 aliphatic heterocycles. The maximum atomic E-state index is 13.5. The molecule has 0 unspecified atom stereocenters. The highest BCUT2D eigenvalue weighted by Crippen LogP contribution is 2.27. The first kappa shape index (κ1) is 24.2. The van der Waals surface area contributed by atoms with Crippen LogP contribution in [0.25, 0.3) is 0 Å². The molecule has 1 amide bonds. The van der Waals surface area contributed by atoms with Crippen LogP contribution in [-0.4, -0.2) is 31.7 Å². The van der Waals surface area contributed by atoms with E-state index in [2.05, 4.69) is 5.32 Å². The number of hydrogen-bond donors (Lipinski definition) is 1. The Bertz CT molecular complexity index is 1250. The smallest absolute Gasteiger partial charge is 0.252 e. The van der Waals surface area contributed by atoms with Crippen molar-refractivity contribution >= 4 is 15.9 Å². The first-order chi connectivity index (χ1) is 16.4. The van der Waals surface area contributed by atoms with Crippen molar-refractivity contribution in [1.29, 1.82) is 0 Å². The van der Waals surface area contributed by atoms with Gasteiger partial charge >= 0.3 is 0 Å². The summed E-state index contributed by atoms with van der Waals surface area (Å²) >= 11 is 0. The van der Waals surface area contributed by atoms with E-state index in [1.807, 2.05) is 68.4 Å². The third kappa shape index (κ3) is 5.24. The van der Waals surface area contributed by atoms with Gasteiger partial charge in [-0.3, -0.25) is 4.79 Å². The second-order valence-electron chi connectivity index (χ2n) is 8.97. The predicted molar refractivity (Wildman–Crippen MR) is 135 cm³/mol. The number of aryl methyl sites for hydroxylation is 2. The second kappa shape index (κ2) is 10.5. The minimum atomic E-state index is -3.64. The molecule has 34 heavy (non-hydrogen) atoms. The fraction of sp³-hybridized carbons (Fsp3) is 0.321. The lowest BCUT2D eigenvalue weighted by Gasteiger charge is -2.23. The third-order valence-corrected chi connectivity index (χ3v) is 8.46. The number of benzene rings is 3. The quantitative estimate of drug-likeness (QED) is 0.519. The number of hydrogen-bond acceptors (Lipinski definition) is 3. The van der Waals surface area contributed by atoms with Gasteiger partial charge in [0.1, 0.15) is 0 Å². The zero-order valence-corrected chi connectivity index (χ0v) is 20.6. The van der Waals surface area contributed by atoms with Crippen LogP contribution in [0.4, 0.5) is 0 Å². The lowest BCUT2D eigenvalue weighted by molar-refractivity contribution is 0.0942. The molecule has 6 heteroatoms. The molecule has 1 fully saturated rings. The van der Waals surface area contributed by atoms with E-state index in [0.717, 1.165) is 47.9 Å². The van der Waals surface area contributed by atoms with Gasteiger partial charge in [-0.15, -0.1) is 0 Å². The van der Waals surface area contributed by atoms with Gasteiger partial charge in [0.2, 0.25) is 10.0 Å². The van der Waals surface area contributed by atoms with E-state index in [1.165, 1.54) is 6.07 Å². The summed E-state index contributed by atoms with van der Waals surface area (Å²) < 4.78 is 28.2. The van der Waals surface area contributed by atoms with Crippen LogP contribution >= 0.6 is 0 Å². The van der Waals surface area contributed by atoms with Crippen LogP contribution in [0.1, 0.15) is 64.3 Å².